The van der Waals surface area contributed by atoms with Crippen molar-refractivity contribution in [2.45, 2.75) is 52.0 Å². The minimum Gasteiger partial charge on any atom is -0.299 e. The SMILES string of the molecule is CC(C)(C)c1ccc(CN2CCCCC2)cc1.Cl. The molecule has 0 unspecified atom stereocenters. The third kappa shape index (κ3) is 4.29. The molecule has 1 aromatic rings. The lowest BCUT2D eigenvalue weighted by atomic mass is 9.87. The van der Waals surface area contributed by atoms with Crippen molar-refractivity contribution in [3.8, 4) is 0 Å². The van der Waals surface area contributed by atoms with E-state index in [-0.39, 0.29) is 17.8 Å². The molecule has 0 N–H and O–H groups in total. The van der Waals surface area contributed by atoms with Crippen LogP contribution < -0.4 is 0 Å². The van der Waals surface area contributed by atoms with Gasteiger partial charge >= 0.3 is 0 Å². The van der Waals surface area contributed by atoms with Crippen molar-refractivity contribution < 1.29 is 0 Å². The van der Waals surface area contributed by atoms with Crippen molar-refractivity contribution in [3.05, 3.63) is 35.4 Å². The Morgan fingerprint density at radius 2 is 1.50 bits per heavy atom. The van der Waals surface area contributed by atoms with Crippen LogP contribution in [0.15, 0.2) is 24.3 Å². The Morgan fingerprint density at radius 1 is 0.944 bits per heavy atom. The Bertz CT molecular complexity index is 344. The van der Waals surface area contributed by atoms with E-state index in [4.69, 9.17) is 0 Å². The standard InChI is InChI=1S/C16H25N.ClH/c1-16(2,3)15-9-7-14(8-10-15)13-17-11-5-4-6-12-17;/h7-10H,4-6,11-13H2,1-3H3;1H. The molecule has 2 rings (SSSR count). The number of nitrogens with zero attached hydrogens (tertiary/aromatic N) is 1. The third-order valence-electron chi connectivity index (χ3n) is 3.67. The quantitative estimate of drug-likeness (QED) is 0.768. The van der Waals surface area contributed by atoms with E-state index in [2.05, 4.69) is 49.9 Å². The number of hydrogen-bond acceptors (Lipinski definition) is 1. The summed E-state index contributed by atoms with van der Waals surface area (Å²) in [6.45, 7) is 10.5. The minimum atomic E-state index is 0. The largest absolute Gasteiger partial charge is 0.299 e. The van der Waals surface area contributed by atoms with Crippen LogP contribution in [0.2, 0.25) is 0 Å². The first-order chi connectivity index (χ1) is 8.05. The Kier molecular flexibility index (Phi) is 5.68. The van der Waals surface area contributed by atoms with Gasteiger partial charge in [-0.3, -0.25) is 4.90 Å². The van der Waals surface area contributed by atoms with Crippen molar-refractivity contribution >= 4 is 12.4 Å². The predicted molar refractivity (Wildman–Crippen MR) is 81.5 cm³/mol. The van der Waals surface area contributed by atoms with Crippen molar-refractivity contribution in [2.75, 3.05) is 13.1 Å². The molecule has 18 heavy (non-hydrogen) atoms. The molecule has 1 heterocycles. The summed E-state index contributed by atoms with van der Waals surface area (Å²) in [4.78, 5) is 2.58. The van der Waals surface area contributed by atoms with Gasteiger partial charge in [0.25, 0.3) is 0 Å². The van der Waals surface area contributed by atoms with E-state index in [1.807, 2.05) is 0 Å². The minimum absolute atomic E-state index is 0. The summed E-state index contributed by atoms with van der Waals surface area (Å²) in [7, 11) is 0. The lowest BCUT2D eigenvalue weighted by Crippen LogP contribution is -2.29. The molecular formula is C16H26ClN. The van der Waals surface area contributed by atoms with Gasteiger partial charge in [-0.2, -0.15) is 0 Å². The summed E-state index contributed by atoms with van der Waals surface area (Å²) >= 11 is 0. The number of halogens is 1. The van der Waals surface area contributed by atoms with E-state index in [0.717, 1.165) is 6.54 Å². The Hall–Kier alpha value is -0.530. The second kappa shape index (κ2) is 6.58. The zero-order valence-electron chi connectivity index (χ0n) is 11.9. The predicted octanol–water partition coefficient (Wildman–Crippen LogP) is 4.39. The summed E-state index contributed by atoms with van der Waals surface area (Å²) in [5.41, 5.74) is 3.16. The molecule has 1 saturated heterocycles. The first kappa shape index (κ1) is 15.5. The normalized spacial score (nSPS) is 17.3. The number of hydrogen-bond donors (Lipinski definition) is 0. The molecule has 1 aromatic carbocycles. The van der Waals surface area contributed by atoms with E-state index in [0.29, 0.717) is 0 Å². The fraction of sp³-hybridized carbons (Fsp3) is 0.625. The number of piperidine rings is 1. The van der Waals surface area contributed by atoms with Crippen LogP contribution in [-0.4, -0.2) is 18.0 Å². The summed E-state index contributed by atoms with van der Waals surface area (Å²) in [6.07, 6.45) is 4.17. The maximum atomic E-state index is 2.58. The zero-order valence-corrected chi connectivity index (χ0v) is 12.7. The van der Waals surface area contributed by atoms with Crippen molar-refractivity contribution in [2.24, 2.45) is 0 Å². The molecule has 0 bridgehead atoms. The Balaban J connectivity index is 0.00000162. The van der Waals surface area contributed by atoms with E-state index in [1.54, 1.807) is 0 Å². The number of likely N-dealkylation sites (tertiary alicyclic amines) is 1. The van der Waals surface area contributed by atoms with Crippen LogP contribution in [0.5, 0.6) is 0 Å². The monoisotopic (exact) mass is 267 g/mol. The second-order valence-corrected chi connectivity index (χ2v) is 6.28. The van der Waals surface area contributed by atoms with Crippen molar-refractivity contribution in [1.82, 2.24) is 4.90 Å². The van der Waals surface area contributed by atoms with Crippen LogP contribution >= 0.6 is 12.4 Å². The molecule has 1 aliphatic heterocycles. The highest BCUT2D eigenvalue weighted by Gasteiger charge is 2.14. The van der Waals surface area contributed by atoms with Gasteiger partial charge in [-0.1, -0.05) is 51.5 Å². The third-order valence-corrected chi connectivity index (χ3v) is 3.67. The van der Waals surface area contributed by atoms with Crippen molar-refractivity contribution in [3.63, 3.8) is 0 Å². The van der Waals surface area contributed by atoms with E-state index in [1.165, 1.54) is 43.5 Å². The average Bonchev–Trinajstić information content (AvgIpc) is 2.30. The number of benzene rings is 1. The molecule has 0 amide bonds. The van der Waals surface area contributed by atoms with Crippen LogP contribution in [-0.2, 0) is 12.0 Å². The molecule has 1 fully saturated rings. The van der Waals surface area contributed by atoms with Gasteiger partial charge in [0, 0.05) is 6.54 Å². The van der Waals surface area contributed by atoms with Crippen LogP contribution in [0.4, 0.5) is 0 Å². The first-order valence-electron chi connectivity index (χ1n) is 6.87. The van der Waals surface area contributed by atoms with Crippen LogP contribution in [0.3, 0.4) is 0 Å². The lowest BCUT2D eigenvalue weighted by Gasteiger charge is -2.26. The van der Waals surface area contributed by atoms with Gasteiger partial charge in [0.1, 0.15) is 0 Å². The maximum Gasteiger partial charge on any atom is 0.0233 e. The number of rotatable bonds is 2. The molecule has 0 spiro atoms. The van der Waals surface area contributed by atoms with Gasteiger partial charge in [-0.15, -0.1) is 12.4 Å². The molecule has 0 atom stereocenters. The van der Waals surface area contributed by atoms with Gasteiger partial charge in [0.15, 0.2) is 0 Å². The fourth-order valence-electron chi connectivity index (χ4n) is 2.49. The fourth-order valence-corrected chi connectivity index (χ4v) is 2.49. The molecule has 0 saturated carbocycles. The summed E-state index contributed by atoms with van der Waals surface area (Å²) in [5.74, 6) is 0. The zero-order chi connectivity index (χ0) is 12.3. The van der Waals surface area contributed by atoms with E-state index >= 15 is 0 Å². The van der Waals surface area contributed by atoms with Gasteiger partial charge in [-0.05, 0) is 42.5 Å². The van der Waals surface area contributed by atoms with Gasteiger partial charge < -0.3 is 0 Å². The first-order valence-corrected chi connectivity index (χ1v) is 6.87. The van der Waals surface area contributed by atoms with E-state index in [9.17, 15) is 0 Å². The molecule has 0 aromatic heterocycles. The molecule has 102 valence electrons. The van der Waals surface area contributed by atoms with Crippen LogP contribution in [0.1, 0.15) is 51.2 Å². The average molecular weight is 268 g/mol. The highest BCUT2D eigenvalue weighted by atomic mass is 35.5. The Morgan fingerprint density at radius 3 is 2.00 bits per heavy atom. The van der Waals surface area contributed by atoms with E-state index < -0.39 is 0 Å². The van der Waals surface area contributed by atoms with Crippen molar-refractivity contribution in [1.29, 1.82) is 0 Å². The highest BCUT2D eigenvalue weighted by molar-refractivity contribution is 5.85. The summed E-state index contributed by atoms with van der Waals surface area (Å²) < 4.78 is 0. The molecular weight excluding hydrogens is 242 g/mol. The molecule has 0 aliphatic carbocycles. The topological polar surface area (TPSA) is 3.24 Å². The lowest BCUT2D eigenvalue weighted by molar-refractivity contribution is 0.221. The molecule has 1 nitrogen and oxygen atoms in total. The second-order valence-electron chi connectivity index (χ2n) is 6.28. The Labute approximate surface area is 118 Å². The summed E-state index contributed by atoms with van der Waals surface area (Å²) in [5, 5.41) is 0. The smallest absolute Gasteiger partial charge is 0.0233 e. The molecule has 1 aliphatic rings. The van der Waals surface area contributed by atoms with Gasteiger partial charge in [0.2, 0.25) is 0 Å². The van der Waals surface area contributed by atoms with Gasteiger partial charge in [0.05, 0.1) is 0 Å². The summed E-state index contributed by atoms with van der Waals surface area (Å²) in [6, 6.07) is 9.18. The van der Waals surface area contributed by atoms with Crippen LogP contribution in [0.25, 0.3) is 0 Å². The molecule has 2 heteroatoms. The maximum absolute atomic E-state index is 2.58. The van der Waals surface area contributed by atoms with Crippen LogP contribution in [0, 0.1) is 0 Å². The molecule has 0 radical (unpaired) electrons. The highest BCUT2D eigenvalue weighted by Crippen LogP contribution is 2.22. The van der Waals surface area contributed by atoms with Gasteiger partial charge in [-0.25, -0.2) is 0 Å².